The number of benzene rings is 1. The minimum atomic E-state index is 0.439. The van der Waals surface area contributed by atoms with Gasteiger partial charge in [0.25, 0.3) is 0 Å². The van der Waals surface area contributed by atoms with Crippen LogP contribution in [-0.2, 0) is 13.6 Å². The van der Waals surface area contributed by atoms with Crippen molar-refractivity contribution in [3.63, 3.8) is 0 Å². The quantitative estimate of drug-likeness (QED) is 0.767. The smallest absolute Gasteiger partial charge is 0.0946 e. The number of piperidine rings is 1. The molecule has 4 rings (SSSR count). The van der Waals surface area contributed by atoms with E-state index in [1.54, 1.807) is 0 Å². The van der Waals surface area contributed by atoms with Gasteiger partial charge in [-0.2, -0.15) is 5.10 Å². The van der Waals surface area contributed by atoms with Crippen LogP contribution in [0.1, 0.15) is 30.1 Å². The van der Waals surface area contributed by atoms with Crippen LogP contribution in [0.2, 0.25) is 0 Å². The molecule has 3 heterocycles. The van der Waals surface area contributed by atoms with Crippen LogP contribution in [0, 0.1) is 5.92 Å². The number of hydrogen-bond acceptors (Lipinski definition) is 4. The zero-order chi connectivity index (χ0) is 18.1. The third-order valence-electron chi connectivity index (χ3n) is 5.67. The van der Waals surface area contributed by atoms with Crippen molar-refractivity contribution in [2.45, 2.75) is 25.4 Å². The van der Waals surface area contributed by atoms with Crippen molar-refractivity contribution in [2.75, 3.05) is 27.2 Å². The van der Waals surface area contributed by atoms with Gasteiger partial charge in [-0.15, -0.1) is 0 Å². The predicted molar refractivity (Wildman–Crippen MR) is 104 cm³/mol. The average molecular weight is 352 g/mol. The van der Waals surface area contributed by atoms with Gasteiger partial charge in [-0.1, -0.05) is 12.1 Å². The first-order chi connectivity index (χ1) is 12.6. The van der Waals surface area contributed by atoms with Crippen LogP contribution < -0.4 is 0 Å². The monoisotopic (exact) mass is 352 g/mol. The van der Waals surface area contributed by atoms with E-state index < -0.39 is 0 Å². The van der Waals surface area contributed by atoms with Crippen molar-refractivity contribution in [1.29, 1.82) is 0 Å². The fourth-order valence-corrected chi connectivity index (χ4v) is 4.43. The first kappa shape index (κ1) is 17.2. The lowest BCUT2D eigenvalue weighted by molar-refractivity contribution is 0.0880. The van der Waals surface area contributed by atoms with E-state index in [2.05, 4.69) is 68.9 Å². The summed E-state index contributed by atoms with van der Waals surface area (Å²) in [5, 5.41) is 8.35. The van der Waals surface area contributed by atoms with Gasteiger partial charge in [-0.3, -0.25) is 10.00 Å². The van der Waals surface area contributed by atoms with Crippen LogP contribution in [0.5, 0.6) is 0 Å². The SMILES string of the molecule is CN(Cc1ccc2cn[nH]c2c1)C[C@@H]1CCCN(C)[C@H]1c1cncn1C. The fourth-order valence-electron chi connectivity index (χ4n) is 4.43. The number of nitrogens with zero attached hydrogens (tertiary/aromatic N) is 5. The molecule has 1 aliphatic rings. The van der Waals surface area contributed by atoms with E-state index in [4.69, 9.17) is 0 Å². The van der Waals surface area contributed by atoms with E-state index in [0.717, 1.165) is 25.2 Å². The molecule has 138 valence electrons. The molecule has 6 nitrogen and oxygen atoms in total. The molecular weight excluding hydrogens is 324 g/mol. The summed E-state index contributed by atoms with van der Waals surface area (Å²) in [6.07, 6.45) is 8.36. The topological polar surface area (TPSA) is 53.0 Å². The van der Waals surface area contributed by atoms with E-state index in [0.29, 0.717) is 12.0 Å². The fraction of sp³-hybridized carbons (Fsp3) is 0.500. The first-order valence-electron chi connectivity index (χ1n) is 9.39. The Morgan fingerprint density at radius 1 is 1.27 bits per heavy atom. The van der Waals surface area contributed by atoms with Crippen LogP contribution in [0.3, 0.4) is 0 Å². The zero-order valence-corrected chi connectivity index (χ0v) is 15.9. The normalized spacial score (nSPS) is 21.7. The Morgan fingerprint density at radius 2 is 2.15 bits per heavy atom. The number of rotatable bonds is 5. The van der Waals surface area contributed by atoms with Gasteiger partial charge in [0.05, 0.1) is 29.8 Å². The second-order valence-electron chi connectivity index (χ2n) is 7.75. The lowest BCUT2D eigenvalue weighted by Gasteiger charge is -2.40. The number of fused-ring (bicyclic) bond motifs is 1. The second kappa shape index (κ2) is 7.21. The van der Waals surface area contributed by atoms with Crippen LogP contribution in [0.15, 0.2) is 36.9 Å². The third-order valence-corrected chi connectivity index (χ3v) is 5.67. The van der Waals surface area contributed by atoms with Gasteiger partial charge in [0.1, 0.15) is 0 Å². The van der Waals surface area contributed by atoms with Gasteiger partial charge in [-0.05, 0) is 51.0 Å². The summed E-state index contributed by atoms with van der Waals surface area (Å²) in [7, 11) is 6.58. The number of imidazole rings is 1. The van der Waals surface area contributed by atoms with Crippen molar-refractivity contribution in [3.05, 3.63) is 48.2 Å². The van der Waals surface area contributed by atoms with Crippen molar-refractivity contribution in [3.8, 4) is 0 Å². The maximum absolute atomic E-state index is 4.35. The number of hydrogen-bond donors (Lipinski definition) is 1. The number of aromatic nitrogens is 4. The molecule has 0 radical (unpaired) electrons. The number of aromatic amines is 1. The van der Waals surface area contributed by atoms with Crippen LogP contribution >= 0.6 is 0 Å². The molecule has 1 fully saturated rings. The molecule has 0 saturated carbocycles. The van der Waals surface area contributed by atoms with Crippen molar-refractivity contribution < 1.29 is 0 Å². The van der Waals surface area contributed by atoms with Crippen LogP contribution in [0.25, 0.3) is 10.9 Å². The molecule has 1 aromatic carbocycles. The Bertz CT molecular complexity index is 866. The summed E-state index contributed by atoms with van der Waals surface area (Å²) in [5.74, 6) is 0.616. The van der Waals surface area contributed by atoms with E-state index in [-0.39, 0.29) is 0 Å². The molecule has 1 aliphatic heterocycles. The highest BCUT2D eigenvalue weighted by atomic mass is 15.2. The minimum Gasteiger partial charge on any atom is -0.336 e. The summed E-state index contributed by atoms with van der Waals surface area (Å²) in [6.45, 7) is 3.20. The lowest BCUT2D eigenvalue weighted by Crippen LogP contribution is -2.41. The van der Waals surface area contributed by atoms with Gasteiger partial charge in [0.2, 0.25) is 0 Å². The summed E-state index contributed by atoms with van der Waals surface area (Å²) >= 11 is 0. The third kappa shape index (κ3) is 3.39. The van der Waals surface area contributed by atoms with Crippen molar-refractivity contribution in [2.24, 2.45) is 13.0 Å². The van der Waals surface area contributed by atoms with Crippen molar-refractivity contribution >= 4 is 10.9 Å². The molecule has 6 heteroatoms. The Kier molecular flexibility index (Phi) is 4.78. The molecule has 26 heavy (non-hydrogen) atoms. The van der Waals surface area contributed by atoms with Crippen molar-refractivity contribution in [1.82, 2.24) is 29.5 Å². The summed E-state index contributed by atoms with van der Waals surface area (Å²) in [5.41, 5.74) is 3.76. The zero-order valence-electron chi connectivity index (χ0n) is 15.9. The second-order valence-corrected chi connectivity index (χ2v) is 7.75. The highest BCUT2D eigenvalue weighted by Gasteiger charge is 2.32. The molecule has 2 atom stereocenters. The molecule has 2 aromatic heterocycles. The summed E-state index contributed by atoms with van der Waals surface area (Å²) < 4.78 is 2.17. The van der Waals surface area contributed by atoms with Gasteiger partial charge in [0.15, 0.2) is 0 Å². The Hall–Kier alpha value is -2.18. The highest BCUT2D eigenvalue weighted by molar-refractivity contribution is 5.78. The van der Waals surface area contributed by atoms with Crippen LogP contribution in [-0.4, -0.2) is 56.7 Å². The lowest BCUT2D eigenvalue weighted by atomic mass is 9.87. The largest absolute Gasteiger partial charge is 0.336 e. The molecule has 1 N–H and O–H groups in total. The highest BCUT2D eigenvalue weighted by Crippen LogP contribution is 2.35. The van der Waals surface area contributed by atoms with Gasteiger partial charge < -0.3 is 9.47 Å². The molecule has 0 aliphatic carbocycles. The average Bonchev–Trinajstić information content (AvgIpc) is 3.23. The predicted octanol–water partition coefficient (Wildman–Crippen LogP) is 2.81. The molecular formula is C20H28N6. The number of H-pyrrole nitrogens is 1. The summed E-state index contributed by atoms with van der Waals surface area (Å²) in [4.78, 5) is 9.29. The maximum atomic E-state index is 4.35. The van der Waals surface area contributed by atoms with Crippen LogP contribution in [0.4, 0.5) is 0 Å². The number of aryl methyl sites for hydroxylation is 1. The van der Waals surface area contributed by atoms with Gasteiger partial charge in [0, 0.05) is 31.7 Å². The first-order valence-corrected chi connectivity index (χ1v) is 9.39. The molecule has 0 unspecified atom stereocenters. The molecule has 3 aromatic rings. The van der Waals surface area contributed by atoms with Gasteiger partial charge >= 0.3 is 0 Å². The Morgan fingerprint density at radius 3 is 2.96 bits per heavy atom. The van der Waals surface area contributed by atoms with E-state index in [9.17, 15) is 0 Å². The minimum absolute atomic E-state index is 0.439. The summed E-state index contributed by atoms with van der Waals surface area (Å²) in [6, 6.07) is 7.01. The molecule has 0 spiro atoms. The maximum Gasteiger partial charge on any atom is 0.0946 e. The van der Waals surface area contributed by atoms with Gasteiger partial charge in [-0.25, -0.2) is 4.98 Å². The standard InChI is InChI=1S/C20H28N6/c1-24(12-15-6-7-16-10-22-23-18(16)9-15)13-17-5-4-8-25(2)20(17)19-11-21-14-26(19)3/h6-7,9-11,14,17,20H,4-5,8,12-13H2,1-3H3,(H,22,23)/t17-,20+/m0/s1. The van der Waals surface area contributed by atoms with E-state index in [1.807, 2.05) is 18.7 Å². The molecule has 0 bridgehead atoms. The number of nitrogens with one attached hydrogen (secondary N) is 1. The Labute approximate surface area is 154 Å². The molecule has 1 saturated heterocycles. The number of likely N-dealkylation sites (tertiary alicyclic amines) is 1. The Balaban J connectivity index is 1.47. The van der Waals surface area contributed by atoms with E-state index >= 15 is 0 Å². The molecule has 0 amide bonds. The van der Waals surface area contributed by atoms with E-state index in [1.165, 1.54) is 29.5 Å².